The number of carbonyl (C=O) groups is 4. The van der Waals surface area contributed by atoms with Crippen LogP contribution in [0.5, 0.6) is 0 Å². The first-order valence-electron chi connectivity index (χ1n) is 38.4. The maximum absolute atomic E-state index is 13.4. The number of carbonyl (C=O) groups excluding carboxylic acids is 4. The Hall–Kier alpha value is -3.92. The first-order chi connectivity index (χ1) is 56.8. The lowest BCUT2D eigenvalue weighted by Crippen LogP contribution is -2.71. The van der Waals surface area contributed by atoms with Gasteiger partial charge in [-0.2, -0.15) is 0 Å². The summed E-state index contributed by atoms with van der Waals surface area (Å²) in [6, 6.07) is -7.37. The van der Waals surface area contributed by atoms with E-state index in [4.69, 9.17) is 90.0 Å². The van der Waals surface area contributed by atoms with Crippen LogP contribution in [-0.4, -0.2) is 517 Å². The molecular weight excluding hydrogens is 1640 g/mol. The van der Waals surface area contributed by atoms with Crippen LogP contribution in [-0.2, 0) is 109 Å². The van der Waals surface area contributed by atoms with E-state index in [9.17, 15) is 152 Å². The van der Waals surface area contributed by atoms with Gasteiger partial charge < -0.3 is 244 Å². The fraction of sp³-hybridized carbons (Fsp3) is 0.940. The van der Waals surface area contributed by atoms with Crippen molar-refractivity contribution < 1.29 is 242 Å². The summed E-state index contributed by atoms with van der Waals surface area (Å²) < 4.78 is 114. The molecule has 10 rings (SSSR count). The highest BCUT2D eigenvalue weighted by Crippen LogP contribution is 2.41. The van der Waals surface area contributed by atoms with E-state index < -0.39 is 384 Å². The standard InChI is InChI=1S/C67H112N4O49/c1-15-33(84)41(92)46(97)64(104-15)118-55-31(70-18(4)81)58(101)105-27(12-78)53(55)116-60-30(69-17(3)80)40(91)50(24(9-75)109-60)115-67-57(120-63-45(96)34(85)20(83)13-102-63)56(38(89)28(112-67)14-103-62-48(99)43(94)51(25(10-76)110-62)113-59-29(68-16(2)79)39(90)35(86)21(6-72)106-59)119-66-49(100)44(95)52(26(11-77)111-66)114-61-32(71-19(5)82)54(37(88)23(8-74)107-61)117-65-47(98)42(93)36(87)22(7-73)108-65/h15,20-67,72-78,83-101H,6-14H2,1-5H3,(H,68,79)(H,69,80)(H,70,81)(H,71,82)/t15-,20+,21+,22+,23+,24+,25+,26+,27+,28+,29+,30+,31+,32+,33+,34-,35+,36-,37+,38+,39+,40+,41+,42-,43+,44+,45+,46-,47+,48-,49-,50+,51+,52+,53+,54+,55+,56-,57-,58?,59-,60-,61-,62-,63-,64-,65-,66+,67-/m0/s1. The van der Waals surface area contributed by atoms with E-state index in [0.717, 1.165) is 27.7 Å². The molecular formula is C67H112N4O49. The maximum atomic E-state index is 13.4. The zero-order valence-corrected chi connectivity index (χ0v) is 64.7. The molecule has 0 radical (unpaired) electrons. The van der Waals surface area contributed by atoms with Gasteiger partial charge in [0.05, 0.1) is 65.6 Å². The van der Waals surface area contributed by atoms with Crippen molar-refractivity contribution in [3.63, 3.8) is 0 Å². The van der Waals surface area contributed by atoms with Gasteiger partial charge in [-0.15, -0.1) is 0 Å². The predicted octanol–water partition coefficient (Wildman–Crippen LogP) is -20.6. The quantitative estimate of drug-likeness (QED) is 0.0318. The summed E-state index contributed by atoms with van der Waals surface area (Å²) in [5, 5.41) is 300. The monoisotopic (exact) mass is 1760 g/mol. The molecule has 0 bridgehead atoms. The number of aliphatic hydroxyl groups is 26. The molecule has 0 saturated carbocycles. The summed E-state index contributed by atoms with van der Waals surface area (Å²) in [4.78, 5) is 51.4. The molecule has 0 aromatic carbocycles. The number of hydrogen-bond acceptors (Lipinski definition) is 49. The zero-order valence-electron chi connectivity index (χ0n) is 64.7. The van der Waals surface area contributed by atoms with Crippen LogP contribution >= 0.6 is 0 Å². The van der Waals surface area contributed by atoms with E-state index in [-0.39, 0.29) is 0 Å². The summed E-state index contributed by atoms with van der Waals surface area (Å²) in [5.74, 6) is -3.62. The van der Waals surface area contributed by atoms with Gasteiger partial charge in [-0.3, -0.25) is 19.2 Å². The van der Waals surface area contributed by atoms with Crippen molar-refractivity contribution in [2.45, 2.75) is 335 Å². The van der Waals surface area contributed by atoms with E-state index >= 15 is 0 Å². The molecule has 120 heavy (non-hydrogen) atoms. The fourth-order valence-electron chi connectivity index (χ4n) is 15.6. The topological polar surface area (TPSA) is 818 Å². The van der Waals surface area contributed by atoms with Gasteiger partial charge in [-0.05, 0) is 6.92 Å². The number of aliphatic hydroxyl groups excluding tert-OH is 26. The second kappa shape index (κ2) is 42.8. The van der Waals surface area contributed by atoms with Crippen molar-refractivity contribution in [2.75, 3.05) is 59.5 Å². The first-order valence-corrected chi connectivity index (χ1v) is 38.4. The Balaban J connectivity index is 1.00. The van der Waals surface area contributed by atoms with Gasteiger partial charge in [0.2, 0.25) is 23.6 Å². The number of hydrogen-bond donors (Lipinski definition) is 30. The van der Waals surface area contributed by atoms with E-state index in [1.807, 2.05) is 0 Å². The minimum Gasteiger partial charge on any atom is -0.394 e. The van der Waals surface area contributed by atoms with Gasteiger partial charge in [0, 0.05) is 27.7 Å². The maximum Gasteiger partial charge on any atom is 0.217 e. The van der Waals surface area contributed by atoms with Gasteiger partial charge in [-0.25, -0.2) is 0 Å². The minimum absolute atomic E-state index is 0.810. The van der Waals surface area contributed by atoms with Crippen LogP contribution in [0.25, 0.3) is 0 Å². The molecule has 10 aliphatic rings. The molecule has 694 valence electrons. The Morgan fingerprint density at radius 3 is 1.12 bits per heavy atom. The summed E-state index contributed by atoms with van der Waals surface area (Å²) >= 11 is 0. The fourth-order valence-corrected chi connectivity index (χ4v) is 15.6. The number of amides is 4. The van der Waals surface area contributed by atoms with Gasteiger partial charge in [0.25, 0.3) is 0 Å². The van der Waals surface area contributed by atoms with Crippen LogP contribution < -0.4 is 21.3 Å². The summed E-state index contributed by atoms with van der Waals surface area (Å²) in [6.07, 6.45) is -93.6. The molecule has 1 unspecified atom stereocenters. The van der Waals surface area contributed by atoms with Crippen molar-refractivity contribution >= 4 is 23.6 Å². The minimum atomic E-state index is -2.58. The summed E-state index contributed by atoms with van der Waals surface area (Å²) in [5.41, 5.74) is 0. The first kappa shape index (κ1) is 98.3. The van der Waals surface area contributed by atoms with Crippen LogP contribution in [0, 0.1) is 0 Å². The van der Waals surface area contributed by atoms with Crippen LogP contribution in [0.2, 0.25) is 0 Å². The summed E-state index contributed by atoms with van der Waals surface area (Å²) in [7, 11) is 0. The third-order valence-corrected chi connectivity index (χ3v) is 22.0. The molecule has 49 atom stereocenters. The molecule has 10 saturated heterocycles. The number of nitrogens with one attached hydrogen (secondary N) is 4. The molecule has 10 fully saturated rings. The van der Waals surface area contributed by atoms with Crippen molar-refractivity contribution in [2.24, 2.45) is 0 Å². The van der Waals surface area contributed by atoms with E-state index in [1.165, 1.54) is 6.92 Å². The second-order valence-corrected chi connectivity index (χ2v) is 30.5. The van der Waals surface area contributed by atoms with Gasteiger partial charge >= 0.3 is 0 Å². The Bertz CT molecular complexity index is 3230. The Morgan fingerprint density at radius 2 is 0.600 bits per heavy atom. The zero-order chi connectivity index (χ0) is 88.2. The number of ether oxygens (including phenoxy) is 19. The lowest BCUT2D eigenvalue weighted by molar-refractivity contribution is -0.408. The highest BCUT2D eigenvalue weighted by Gasteiger charge is 2.62. The molecule has 0 spiro atoms. The summed E-state index contributed by atoms with van der Waals surface area (Å²) in [6.45, 7) is -4.75. The molecule has 30 N–H and O–H groups in total. The van der Waals surface area contributed by atoms with Gasteiger partial charge in [-0.1, -0.05) is 0 Å². The van der Waals surface area contributed by atoms with Crippen LogP contribution in [0.1, 0.15) is 34.6 Å². The molecule has 4 amide bonds. The van der Waals surface area contributed by atoms with Crippen molar-refractivity contribution in [3.8, 4) is 0 Å². The van der Waals surface area contributed by atoms with Crippen LogP contribution in [0.3, 0.4) is 0 Å². The smallest absolute Gasteiger partial charge is 0.217 e. The molecule has 10 aliphatic heterocycles. The van der Waals surface area contributed by atoms with Crippen molar-refractivity contribution in [1.29, 1.82) is 0 Å². The average molecular weight is 1760 g/mol. The largest absolute Gasteiger partial charge is 0.394 e. The number of rotatable bonds is 30. The van der Waals surface area contributed by atoms with E-state index in [0.29, 0.717) is 0 Å². The van der Waals surface area contributed by atoms with Gasteiger partial charge in [0.15, 0.2) is 62.9 Å². The third kappa shape index (κ3) is 21.6. The molecule has 0 aromatic rings. The Labute approximate surface area is 679 Å². The Morgan fingerprint density at radius 1 is 0.267 bits per heavy atom. The predicted molar refractivity (Wildman–Crippen MR) is 369 cm³/mol. The van der Waals surface area contributed by atoms with E-state index in [2.05, 4.69) is 21.3 Å². The van der Waals surface area contributed by atoms with E-state index in [1.54, 1.807) is 0 Å². The molecule has 53 nitrogen and oxygen atoms in total. The second-order valence-electron chi connectivity index (χ2n) is 30.5. The average Bonchev–Trinajstić information content (AvgIpc) is 0.764. The van der Waals surface area contributed by atoms with Crippen LogP contribution in [0.15, 0.2) is 0 Å². The molecule has 0 aliphatic carbocycles. The lowest BCUT2D eigenvalue weighted by atomic mass is 9.93. The molecule has 53 heteroatoms. The van der Waals surface area contributed by atoms with Gasteiger partial charge in [0.1, 0.15) is 232 Å². The van der Waals surface area contributed by atoms with Crippen molar-refractivity contribution in [1.82, 2.24) is 21.3 Å². The third-order valence-electron chi connectivity index (χ3n) is 22.0. The van der Waals surface area contributed by atoms with Crippen molar-refractivity contribution in [3.05, 3.63) is 0 Å². The highest BCUT2D eigenvalue weighted by molar-refractivity contribution is 5.74. The molecule has 0 aromatic heterocycles. The lowest BCUT2D eigenvalue weighted by Gasteiger charge is -2.52. The molecule has 10 heterocycles. The Kier molecular flexibility index (Phi) is 35.0. The highest BCUT2D eigenvalue weighted by atomic mass is 16.8. The normalized spacial score (nSPS) is 49.7. The SMILES string of the molecule is CC(=O)N[C@H]1[C@H](O[C@H]2[C@H](O[C@@H]3O[C@@H](C)[C@@H](O)[C@@H](O)[C@@H]3O)[C@@H](NC(C)=O)C(O)O[C@@H]2CO)O[C@H](CO)[C@@H](O[C@@H]2O[C@H](CO[C@H]3O[C@H](CO)[C@@H](O[C@@H]4O[C@H](CO)[C@@H](O)[C@H](O)[C@H]4NC(C)=O)[C@H](O)[C@@H]3O)[C@@H](O)[C@H](O[C@H]3O[C@H](CO)[C@@H](O[C@@H]4O[C@H](CO)[C@@H](O)[C@H](O[C@@H]5O[C@H](CO)[C@H](O)[C@H](O)[C@H]5O)[C@H]4NC(C)=O)[C@H](O)[C@@H]3O)[C@@H]2O[C@@H]2OC[C@@H](O)[C@H](O)[C@H]2O)[C@@H]1O. The van der Waals surface area contributed by atoms with Crippen LogP contribution in [0.4, 0.5) is 0 Å².